The molecule has 2 aliphatic carbocycles. The predicted octanol–water partition coefficient (Wildman–Crippen LogP) is 4.35. The van der Waals surface area contributed by atoms with Gasteiger partial charge in [-0.05, 0) is 74.2 Å². The van der Waals surface area contributed by atoms with Crippen molar-refractivity contribution in [3.63, 3.8) is 0 Å². The first-order chi connectivity index (χ1) is 14.2. The molecule has 0 spiro atoms. The number of hydrogen-bond donors (Lipinski definition) is 2. The van der Waals surface area contributed by atoms with E-state index < -0.39 is 21.3 Å². The summed E-state index contributed by atoms with van der Waals surface area (Å²) in [5, 5.41) is 9.51. The summed E-state index contributed by atoms with van der Waals surface area (Å²) < 4.78 is 31.0. The van der Waals surface area contributed by atoms with Crippen molar-refractivity contribution in [1.82, 2.24) is 4.90 Å². The van der Waals surface area contributed by atoms with Crippen LogP contribution in [0.4, 0.5) is 0 Å². The van der Waals surface area contributed by atoms with Gasteiger partial charge in [0, 0.05) is 13.0 Å². The van der Waals surface area contributed by atoms with Gasteiger partial charge in [-0.25, -0.2) is 0 Å². The van der Waals surface area contributed by atoms with Crippen molar-refractivity contribution in [1.29, 1.82) is 0 Å². The Morgan fingerprint density at radius 1 is 1.26 bits per heavy atom. The van der Waals surface area contributed by atoms with Crippen molar-refractivity contribution >= 4 is 15.9 Å². The molecule has 2 aliphatic rings. The van der Waals surface area contributed by atoms with Gasteiger partial charge in [-0.1, -0.05) is 39.8 Å². The minimum Gasteiger partial charge on any atom is -0.508 e. The zero-order chi connectivity index (χ0) is 23.6. The third-order valence-electron chi connectivity index (χ3n) is 7.65. The fraction of sp³-hybridized carbons (Fsp3) is 0.708. The lowest BCUT2D eigenvalue weighted by molar-refractivity contribution is -0.128. The lowest BCUT2D eigenvalue weighted by Crippen LogP contribution is -2.42. The molecule has 2 bridgehead atoms. The van der Waals surface area contributed by atoms with Crippen molar-refractivity contribution in [3.05, 3.63) is 29.8 Å². The Morgan fingerprint density at radius 2 is 1.90 bits per heavy atom. The minimum atomic E-state index is -4.08. The van der Waals surface area contributed by atoms with Crippen molar-refractivity contribution in [2.45, 2.75) is 59.3 Å². The van der Waals surface area contributed by atoms with Crippen LogP contribution >= 0.6 is 0 Å². The summed E-state index contributed by atoms with van der Waals surface area (Å²) >= 11 is 0. The summed E-state index contributed by atoms with van der Waals surface area (Å²) in [6.45, 7) is 9.45. The van der Waals surface area contributed by atoms with Gasteiger partial charge in [-0.3, -0.25) is 9.35 Å². The molecule has 0 heterocycles. The molecule has 4 atom stereocenters. The Balaban J connectivity index is 0.000000220. The molecule has 0 saturated heterocycles. The van der Waals surface area contributed by atoms with Crippen LogP contribution in [0.1, 0.15) is 64.9 Å². The first-order valence-corrected chi connectivity index (χ1v) is 12.8. The molecule has 0 amide bonds. The quantitative estimate of drug-likeness (QED) is 0.596. The number of hydrogen-bond acceptors (Lipinski definition) is 5. The molecule has 1 aromatic rings. The molecule has 2 saturated carbocycles. The summed E-state index contributed by atoms with van der Waals surface area (Å²) in [6.07, 6.45) is 3.08. The molecule has 6 nitrogen and oxygen atoms in total. The molecule has 31 heavy (non-hydrogen) atoms. The summed E-state index contributed by atoms with van der Waals surface area (Å²) in [6, 6.07) is 7.66. The Hall–Kier alpha value is -1.44. The van der Waals surface area contributed by atoms with Crippen LogP contribution in [-0.2, 0) is 14.9 Å². The van der Waals surface area contributed by atoms with Gasteiger partial charge in [0.2, 0.25) is 0 Å². The Bertz CT molecular complexity index is 880. The second-order valence-corrected chi connectivity index (χ2v) is 11.7. The topological polar surface area (TPSA) is 94.9 Å². The number of carbonyl (C=O) groups is 1. The summed E-state index contributed by atoms with van der Waals surface area (Å²) in [5.74, 6) is 1.39. The van der Waals surface area contributed by atoms with Crippen LogP contribution in [0.5, 0.6) is 5.75 Å². The highest BCUT2D eigenvalue weighted by Gasteiger charge is 2.65. The summed E-state index contributed by atoms with van der Waals surface area (Å²) in [4.78, 5) is 14.1. The molecule has 2 fully saturated rings. The Labute approximate surface area is 187 Å². The fourth-order valence-corrected chi connectivity index (χ4v) is 7.14. The molecular formula is C24H39NO5S. The molecule has 0 aliphatic heterocycles. The van der Waals surface area contributed by atoms with Crippen LogP contribution in [0.3, 0.4) is 0 Å². The minimum absolute atomic E-state index is 0.0152. The Morgan fingerprint density at radius 3 is 2.32 bits per heavy atom. The van der Waals surface area contributed by atoms with Crippen LogP contribution < -0.4 is 0 Å². The number of nitrogens with zero attached hydrogens (tertiary/aromatic N) is 1. The van der Waals surface area contributed by atoms with E-state index in [0.29, 0.717) is 30.4 Å². The van der Waals surface area contributed by atoms with E-state index in [4.69, 9.17) is 4.55 Å². The highest BCUT2D eigenvalue weighted by molar-refractivity contribution is 7.85. The second kappa shape index (κ2) is 9.59. The summed E-state index contributed by atoms with van der Waals surface area (Å²) in [5.41, 5.74) is 0.127. The van der Waals surface area contributed by atoms with Crippen molar-refractivity contribution in [3.8, 4) is 5.75 Å². The molecule has 0 unspecified atom stereocenters. The number of aromatic hydroxyl groups is 1. The average molecular weight is 454 g/mol. The van der Waals surface area contributed by atoms with Crippen molar-refractivity contribution in [2.24, 2.45) is 22.7 Å². The Kier molecular flexibility index (Phi) is 7.99. The van der Waals surface area contributed by atoms with E-state index in [-0.39, 0.29) is 17.1 Å². The van der Waals surface area contributed by atoms with E-state index in [0.717, 1.165) is 19.4 Å². The lowest BCUT2D eigenvalue weighted by Gasteiger charge is -2.35. The molecule has 0 aromatic heterocycles. The number of ketones is 1. The molecule has 0 radical (unpaired) electrons. The molecule has 176 valence electrons. The molecule has 7 heteroatoms. The highest BCUT2D eigenvalue weighted by atomic mass is 32.2. The van der Waals surface area contributed by atoms with Crippen LogP contribution in [0, 0.1) is 22.7 Å². The zero-order valence-electron chi connectivity index (χ0n) is 19.8. The average Bonchev–Trinajstić information content (AvgIpc) is 2.95. The van der Waals surface area contributed by atoms with Gasteiger partial charge in [0.05, 0.1) is 11.2 Å². The first-order valence-electron chi connectivity index (χ1n) is 11.2. The van der Waals surface area contributed by atoms with E-state index in [2.05, 4.69) is 38.9 Å². The molecular weight excluding hydrogens is 414 g/mol. The van der Waals surface area contributed by atoms with Gasteiger partial charge >= 0.3 is 0 Å². The first kappa shape index (κ1) is 25.8. The maximum Gasteiger partial charge on any atom is 0.265 e. The third-order valence-corrected chi connectivity index (χ3v) is 8.50. The molecule has 1 aromatic carbocycles. The van der Waals surface area contributed by atoms with Crippen LogP contribution in [-0.4, -0.2) is 55.2 Å². The normalized spacial score (nSPS) is 26.5. The smallest absolute Gasteiger partial charge is 0.265 e. The van der Waals surface area contributed by atoms with E-state index in [1.54, 1.807) is 6.07 Å². The lowest BCUT2D eigenvalue weighted by atomic mass is 9.70. The number of phenols is 1. The van der Waals surface area contributed by atoms with Crippen molar-refractivity contribution < 1.29 is 22.9 Å². The fourth-order valence-electron chi connectivity index (χ4n) is 5.84. The van der Waals surface area contributed by atoms with E-state index in [1.807, 2.05) is 26.0 Å². The number of Topliss-reactive ketones (excluding diaryl/α,β-unsaturated/α-hetero) is 1. The van der Waals surface area contributed by atoms with Gasteiger partial charge in [-0.2, -0.15) is 8.42 Å². The third kappa shape index (κ3) is 5.68. The molecule has 2 N–H and O–H groups in total. The number of carbonyl (C=O) groups excluding carboxylic acids is 1. The number of rotatable bonds is 7. The maximum atomic E-state index is 11.9. The number of benzene rings is 1. The monoisotopic (exact) mass is 453 g/mol. The standard InChI is InChI=1S/C14H23NO.C10H16O4S/c1-5-14(11(2)10-15(3)4)12-7-6-8-13(16)9-12;1-9(2)7-3-4-10(9,8(11)5-7)6-15(12,13)14/h6-9,11,14,16H,5,10H2,1-4H3;7H,3-6H2,1-2H3,(H,12,13,14)/t11-,14+;7-,10-/m01/s1. The predicted molar refractivity (Wildman–Crippen MR) is 124 cm³/mol. The summed E-state index contributed by atoms with van der Waals surface area (Å²) in [7, 11) is 0.130. The maximum absolute atomic E-state index is 11.9. The molecule has 3 rings (SSSR count). The van der Waals surface area contributed by atoms with E-state index in [1.165, 1.54) is 5.56 Å². The van der Waals surface area contributed by atoms with Gasteiger partial charge in [-0.15, -0.1) is 0 Å². The largest absolute Gasteiger partial charge is 0.508 e. The van der Waals surface area contributed by atoms with Gasteiger partial charge in [0.1, 0.15) is 11.5 Å². The SMILES string of the molecule is CC1(C)[C@@H]2CC[C@@]1(CS(=O)(=O)O)C(=O)C2.CC[C@@H](c1cccc(O)c1)[C@@H](C)CN(C)C. The van der Waals surface area contributed by atoms with Gasteiger partial charge in [0.15, 0.2) is 0 Å². The highest BCUT2D eigenvalue weighted by Crippen LogP contribution is 2.64. The number of fused-ring (bicyclic) bond motifs is 2. The van der Waals surface area contributed by atoms with E-state index in [9.17, 15) is 18.3 Å². The zero-order valence-corrected chi connectivity index (χ0v) is 20.6. The van der Waals surface area contributed by atoms with Gasteiger partial charge in [0.25, 0.3) is 10.1 Å². The van der Waals surface area contributed by atoms with E-state index >= 15 is 0 Å². The van der Waals surface area contributed by atoms with Crippen LogP contribution in [0.2, 0.25) is 0 Å². The second-order valence-electron chi connectivity index (χ2n) is 10.2. The van der Waals surface area contributed by atoms with Crippen LogP contribution in [0.25, 0.3) is 0 Å². The van der Waals surface area contributed by atoms with Crippen molar-refractivity contribution in [2.75, 3.05) is 26.4 Å². The number of phenolic OH excluding ortho intramolecular Hbond substituents is 1. The van der Waals surface area contributed by atoms with Gasteiger partial charge < -0.3 is 10.0 Å². The van der Waals surface area contributed by atoms with Crippen LogP contribution in [0.15, 0.2) is 24.3 Å².